The highest BCUT2D eigenvalue weighted by molar-refractivity contribution is 5.67. The highest BCUT2D eigenvalue weighted by Gasteiger charge is 2.39. The lowest BCUT2D eigenvalue weighted by Gasteiger charge is -2.22. The highest BCUT2D eigenvalue weighted by atomic mass is 16.5. The third-order valence-electron chi connectivity index (χ3n) is 2.35. The van der Waals surface area contributed by atoms with Gasteiger partial charge in [0.2, 0.25) is 0 Å². The summed E-state index contributed by atoms with van der Waals surface area (Å²) in [4.78, 5) is 10.5. The first-order valence-electron chi connectivity index (χ1n) is 4.11. The molecule has 0 amide bonds. The maximum Gasteiger partial charge on any atom is 0.304 e. The summed E-state index contributed by atoms with van der Waals surface area (Å²) < 4.78 is 5.32. The van der Waals surface area contributed by atoms with Crippen molar-refractivity contribution < 1.29 is 14.6 Å². The Morgan fingerprint density at radius 3 is 2.83 bits per heavy atom. The van der Waals surface area contributed by atoms with E-state index in [-0.39, 0.29) is 17.9 Å². The van der Waals surface area contributed by atoms with Crippen LogP contribution in [0, 0.1) is 5.41 Å². The van der Waals surface area contributed by atoms with Gasteiger partial charge in [0, 0.05) is 12.0 Å². The Morgan fingerprint density at radius 2 is 2.50 bits per heavy atom. The third-order valence-corrected chi connectivity index (χ3v) is 2.35. The van der Waals surface area contributed by atoms with Gasteiger partial charge in [0.15, 0.2) is 0 Å². The molecule has 1 rings (SSSR count). The largest absolute Gasteiger partial charge is 0.481 e. The molecule has 0 radical (unpaired) electrons. The van der Waals surface area contributed by atoms with Gasteiger partial charge in [-0.2, -0.15) is 0 Å². The minimum Gasteiger partial charge on any atom is -0.481 e. The average Bonchev–Trinajstić information content (AvgIpc) is 2.32. The molecule has 1 saturated heterocycles. The molecule has 2 unspecified atom stereocenters. The first kappa shape index (κ1) is 9.48. The zero-order valence-corrected chi connectivity index (χ0v) is 7.25. The number of carboxylic acids is 1. The van der Waals surface area contributed by atoms with Crippen LogP contribution in [-0.4, -0.2) is 30.3 Å². The summed E-state index contributed by atoms with van der Waals surface area (Å²) in [6, 6.07) is 0. The first-order chi connectivity index (χ1) is 5.58. The van der Waals surface area contributed by atoms with Crippen molar-refractivity contribution in [1.29, 1.82) is 0 Å². The molecule has 4 heteroatoms. The third kappa shape index (κ3) is 1.95. The van der Waals surface area contributed by atoms with Crippen molar-refractivity contribution in [3.8, 4) is 0 Å². The topological polar surface area (TPSA) is 72.6 Å². The molecule has 3 N–H and O–H groups in total. The van der Waals surface area contributed by atoms with E-state index < -0.39 is 5.97 Å². The van der Waals surface area contributed by atoms with Crippen LogP contribution in [0.15, 0.2) is 0 Å². The van der Waals surface area contributed by atoms with Crippen molar-refractivity contribution in [3.63, 3.8) is 0 Å². The highest BCUT2D eigenvalue weighted by Crippen LogP contribution is 2.34. The second-order valence-electron chi connectivity index (χ2n) is 3.60. The maximum atomic E-state index is 10.5. The summed E-state index contributed by atoms with van der Waals surface area (Å²) in [7, 11) is 0. The Labute approximate surface area is 71.7 Å². The lowest BCUT2D eigenvalue weighted by molar-refractivity contribution is -0.139. The van der Waals surface area contributed by atoms with Gasteiger partial charge in [-0.25, -0.2) is 0 Å². The fourth-order valence-corrected chi connectivity index (χ4v) is 1.71. The van der Waals surface area contributed by atoms with E-state index in [0.717, 1.165) is 6.42 Å². The number of rotatable bonds is 3. The van der Waals surface area contributed by atoms with Gasteiger partial charge in [0.25, 0.3) is 0 Å². The molecule has 70 valence electrons. The number of nitrogens with two attached hydrogens (primary N) is 1. The molecule has 0 aromatic carbocycles. The molecule has 1 aliphatic rings. The molecule has 0 aliphatic carbocycles. The molecule has 2 atom stereocenters. The van der Waals surface area contributed by atoms with E-state index in [1.54, 1.807) is 0 Å². The Bertz CT molecular complexity index is 183. The summed E-state index contributed by atoms with van der Waals surface area (Å²) in [5.74, 6) is -0.793. The minimum absolute atomic E-state index is 0.119. The monoisotopic (exact) mass is 173 g/mol. The van der Waals surface area contributed by atoms with E-state index in [0.29, 0.717) is 13.2 Å². The number of hydrogen-bond acceptors (Lipinski definition) is 3. The predicted molar refractivity (Wildman–Crippen MR) is 43.8 cm³/mol. The van der Waals surface area contributed by atoms with Gasteiger partial charge < -0.3 is 15.6 Å². The zero-order valence-electron chi connectivity index (χ0n) is 7.25. The van der Waals surface area contributed by atoms with Crippen LogP contribution in [0.4, 0.5) is 0 Å². The summed E-state index contributed by atoms with van der Waals surface area (Å²) in [5, 5.41) is 8.65. The van der Waals surface area contributed by atoms with Crippen LogP contribution in [0.3, 0.4) is 0 Å². The Hall–Kier alpha value is -0.610. The Morgan fingerprint density at radius 1 is 1.83 bits per heavy atom. The molecular formula is C8H15NO3. The number of carbonyl (C=O) groups is 1. The Balaban J connectivity index is 2.58. The average molecular weight is 173 g/mol. The van der Waals surface area contributed by atoms with Gasteiger partial charge in [0.05, 0.1) is 19.1 Å². The zero-order chi connectivity index (χ0) is 9.19. The lowest BCUT2D eigenvalue weighted by Crippen LogP contribution is -2.33. The molecule has 12 heavy (non-hydrogen) atoms. The van der Waals surface area contributed by atoms with Gasteiger partial charge in [-0.1, -0.05) is 0 Å². The van der Waals surface area contributed by atoms with Crippen LogP contribution in [0.25, 0.3) is 0 Å². The molecule has 0 spiro atoms. The molecule has 0 bridgehead atoms. The molecule has 0 aromatic heterocycles. The molecular weight excluding hydrogens is 158 g/mol. The van der Waals surface area contributed by atoms with Crippen LogP contribution < -0.4 is 5.73 Å². The van der Waals surface area contributed by atoms with Crippen LogP contribution in [0.5, 0.6) is 0 Å². The van der Waals surface area contributed by atoms with Crippen molar-refractivity contribution in [2.24, 2.45) is 11.1 Å². The number of hydrogen-bond donors (Lipinski definition) is 2. The number of ether oxygens (including phenoxy) is 1. The molecule has 1 fully saturated rings. The van der Waals surface area contributed by atoms with Crippen LogP contribution in [-0.2, 0) is 9.53 Å². The predicted octanol–water partition coefficient (Wildman–Crippen LogP) is 0.215. The second-order valence-corrected chi connectivity index (χ2v) is 3.60. The fraction of sp³-hybridized carbons (Fsp3) is 0.875. The van der Waals surface area contributed by atoms with Gasteiger partial charge in [-0.3, -0.25) is 4.79 Å². The van der Waals surface area contributed by atoms with E-state index in [2.05, 4.69) is 0 Å². The maximum absolute atomic E-state index is 10.5. The van der Waals surface area contributed by atoms with Crippen LogP contribution in [0.1, 0.15) is 19.8 Å². The van der Waals surface area contributed by atoms with E-state index in [4.69, 9.17) is 15.6 Å². The van der Waals surface area contributed by atoms with E-state index in [9.17, 15) is 4.79 Å². The minimum atomic E-state index is -0.793. The van der Waals surface area contributed by atoms with Crippen molar-refractivity contribution in [1.82, 2.24) is 0 Å². The number of carboxylic acid groups (broad SMARTS) is 1. The smallest absolute Gasteiger partial charge is 0.304 e. The van der Waals surface area contributed by atoms with Crippen molar-refractivity contribution >= 4 is 5.97 Å². The first-order valence-corrected chi connectivity index (χ1v) is 4.11. The standard InChI is InChI=1S/C8H15NO3/c1-6-2-8(4-9,5-12-6)3-7(10)11/h6H,2-5,9H2,1H3,(H,10,11). The van der Waals surface area contributed by atoms with Crippen LogP contribution in [0.2, 0.25) is 0 Å². The van der Waals surface area contributed by atoms with E-state index in [1.807, 2.05) is 6.92 Å². The molecule has 1 heterocycles. The summed E-state index contributed by atoms with van der Waals surface area (Å²) >= 11 is 0. The summed E-state index contributed by atoms with van der Waals surface area (Å²) in [6.45, 7) is 2.82. The Kier molecular flexibility index (Phi) is 2.69. The second kappa shape index (κ2) is 3.41. The fourth-order valence-electron chi connectivity index (χ4n) is 1.71. The van der Waals surface area contributed by atoms with E-state index >= 15 is 0 Å². The van der Waals surface area contributed by atoms with Crippen LogP contribution >= 0.6 is 0 Å². The summed E-state index contributed by atoms with van der Waals surface area (Å²) in [5.41, 5.74) is 5.22. The van der Waals surface area contributed by atoms with Crippen molar-refractivity contribution in [2.75, 3.05) is 13.2 Å². The van der Waals surface area contributed by atoms with Gasteiger partial charge in [-0.15, -0.1) is 0 Å². The summed E-state index contributed by atoms with van der Waals surface area (Å²) in [6.07, 6.45) is 1.02. The van der Waals surface area contributed by atoms with Crippen molar-refractivity contribution in [3.05, 3.63) is 0 Å². The number of aliphatic carboxylic acids is 1. The van der Waals surface area contributed by atoms with Gasteiger partial charge >= 0.3 is 5.97 Å². The SMILES string of the molecule is CC1CC(CN)(CC(=O)O)CO1. The van der Waals surface area contributed by atoms with Gasteiger partial charge in [0.1, 0.15) is 0 Å². The molecule has 1 aliphatic heterocycles. The van der Waals surface area contributed by atoms with Crippen molar-refractivity contribution in [2.45, 2.75) is 25.9 Å². The normalized spacial score (nSPS) is 35.3. The van der Waals surface area contributed by atoms with E-state index in [1.165, 1.54) is 0 Å². The molecule has 0 aromatic rings. The quantitative estimate of drug-likeness (QED) is 0.640. The molecule has 4 nitrogen and oxygen atoms in total. The van der Waals surface area contributed by atoms with Gasteiger partial charge in [-0.05, 0) is 13.3 Å². The lowest BCUT2D eigenvalue weighted by atomic mass is 9.82. The molecule has 0 saturated carbocycles.